The van der Waals surface area contributed by atoms with E-state index in [9.17, 15) is 144 Å². The van der Waals surface area contributed by atoms with Crippen molar-refractivity contribution in [1.82, 2.24) is 0 Å². The Bertz CT molecular complexity index is 3610. The standard InChI is InChI=1S/C59H122O62P10/c1-90-19-23-100-27-31-108-43-35(94-5)41(36(95-6)44(52(43)115-125(69,70)71)109-32-28-101-24-20-91-2)104-15-11-59(12-16-105-42-38(97-8)49(112-122(60,61)62)56(119-129(81,82)83)50(39(42)98-9)113-123(63,64)65,13-17-106-47-40(99-10)51(114-124(66,67)68)57(120-130(84,85)86)58(121-131(87,88)89)55(47)118-128(78,79)80)14-18-107-48-53(116-126(72,73)74)45(110-33-29-102-25-21-92-3)37(96-7)46(54(48)117-127(75,76)77)111-34-30-103-26-22-93-4/h35-58H,11-34H2,1-10H3,(H2,60,61,62)(H2,63,64,65)(H2,66,67,68)(H2,69,70,71)(H2,72,73,74)(H2,75,76,77)(H2,78,79,80)(H2,81,82,83)(H2,84,85,86)(H2,87,88,89)/t35-,36+,37?,38-,39+,40-,41?,42?,43+,44-,45-,46+,47+,48?,49+,50-,51+,52?,53+,54-,55+,56?,57-,58-,59?/m1/s1. The van der Waals surface area contributed by atoms with Gasteiger partial charge in [-0.25, -0.2) is 45.7 Å². The molecule has 0 aliphatic heterocycles. The van der Waals surface area contributed by atoms with Crippen LogP contribution in [0.3, 0.4) is 0 Å². The van der Waals surface area contributed by atoms with E-state index in [2.05, 4.69) is 0 Å². The first-order chi connectivity index (χ1) is 60.8. The first-order valence-electron chi connectivity index (χ1n) is 38.6. The van der Waals surface area contributed by atoms with Crippen LogP contribution in [0.2, 0.25) is 0 Å². The molecule has 0 saturated heterocycles. The van der Waals surface area contributed by atoms with Crippen molar-refractivity contribution in [3.63, 3.8) is 0 Å². The van der Waals surface area contributed by atoms with Gasteiger partial charge in [0, 0.05) is 97.5 Å². The number of ether oxygens (including phenoxy) is 22. The predicted molar refractivity (Wildman–Crippen MR) is 424 cm³/mol. The van der Waals surface area contributed by atoms with Crippen molar-refractivity contribution < 1.29 is 293 Å². The van der Waals surface area contributed by atoms with Crippen molar-refractivity contribution in [3.05, 3.63) is 0 Å². The second kappa shape index (κ2) is 57.6. The van der Waals surface area contributed by atoms with Crippen molar-refractivity contribution in [2.45, 2.75) is 172 Å². The van der Waals surface area contributed by atoms with Crippen LogP contribution >= 0.6 is 78.2 Å². The summed E-state index contributed by atoms with van der Waals surface area (Å²) in [5.74, 6) is 0. The summed E-state index contributed by atoms with van der Waals surface area (Å²) in [4.78, 5) is 209. The van der Waals surface area contributed by atoms with E-state index in [1.807, 2.05) is 0 Å². The van der Waals surface area contributed by atoms with Gasteiger partial charge in [0.05, 0.1) is 106 Å². The summed E-state index contributed by atoms with van der Waals surface area (Å²) >= 11 is 0. The van der Waals surface area contributed by atoms with Crippen LogP contribution in [0, 0.1) is 5.41 Å². The molecule has 131 heavy (non-hydrogen) atoms. The Morgan fingerprint density at radius 2 is 0.275 bits per heavy atom. The molecule has 0 radical (unpaired) electrons. The number of methoxy groups -OCH3 is 10. The van der Waals surface area contributed by atoms with Crippen LogP contribution in [0.25, 0.3) is 0 Å². The van der Waals surface area contributed by atoms with E-state index >= 15 is 0 Å². The molecule has 4 fully saturated rings. The van der Waals surface area contributed by atoms with Gasteiger partial charge in [0.2, 0.25) is 0 Å². The Hall–Kier alpha value is 0.220. The molecule has 4 saturated carbocycles. The van der Waals surface area contributed by atoms with Crippen LogP contribution in [-0.2, 0) is 195 Å². The lowest BCUT2D eigenvalue weighted by Gasteiger charge is -2.49. The summed E-state index contributed by atoms with van der Waals surface area (Å²) in [6.07, 6.45) is -59.2. The van der Waals surface area contributed by atoms with Crippen molar-refractivity contribution in [2.24, 2.45) is 5.41 Å². The van der Waals surface area contributed by atoms with Gasteiger partial charge in [-0.05, 0) is 31.1 Å². The number of phosphoric acid groups is 10. The van der Waals surface area contributed by atoms with E-state index in [-0.39, 0.29) is 79.3 Å². The summed E-state index contributed by atoms with van der Waals surface area (Å²) in [5, 5.41) is 0. The third kappa shape index (κ3) is 45.0. The van der Waals surface area contributed by atoms with Crippen molar-refractivity contribution in [3.8, 4) is 0 Å². The van der Waals surface area contributed by atoms with Gasteiger partial charge in [-0.3, -0.25) is 45.2 Å². The molecule has 20 N–H and O–H groups in total. The molecule has 0 aromatic rings. The molecular formula is C59H122O62P10. The van der Waals surface area contributed by atoms with Gasteiger partial charge in [-0.1, -0.05) is 0 Å². The Labute approximate surface area is 749 Å². The van der Waals surface area contributed by atoms with Crippen LogP contribution < -0.4 is 0 Å². The fraction of sp³-hybridized carbons (Fsp3) is 1.00. The van der Waals surface area contributed by atoms with Crippen LogP contribution in [0.4, 0.5) is 0 Å². The minimum absolute atomic E-state index is 0.0212. The molecule has 0 spiro atoms. The molecule has 0 bridgehead atoms. The highest BCUT2D eigenvalue weighted by atomic mass is 31.2. The van der Waals surface area contributed by atoms with E-state index in [1.54, 1.807) is 0 Å². The summed E-state index contributed by atoms with van der Waals surface area (Å²) in [6.45, 7) is -7.58. The number of hydrogen-bond donors (Lipinski definition) is 20. The van der Waals surface area contributed by atoms with E-state index in [4.69, 9.17) is 149 Å². The summed E-state index contributed by atoms with van der Waals surface area (Å²) < 4.78 is 309. The van der Waals surface area contributed by atoms with E-state index in [1.165, 1.54) is 28.4 Å². The second-order valence-corrected chi connectivity index (χ2v) is 40.3. The van der Waals surface area contributed by atoms with Crippen LogP contribution in [0.1, 0.15) is 25.7 Å². The van der Waals surface area contributed by atoms with Gasteiger partial charge in [0.1, 0.15) is 146 Å². The first-order valence-corrected chi connectivity index (χ1v) is 53.9. The third-order valence-electron chi connectivity index (χ3n) is 19.6. The molecule has 4 aliphatic rings. The largest absolute Gasteiger partial charge is 0.470 e. The van der Waals surface area contributed by atoms with Gasteiger partial charge < -0.3 is 202 Å². The highest BCUT2D eigenvalue weighted by Gasteiger charge is 2.64. The molecule has 780 valence electrons. The van der Waals surface area contributed by atoms with Gasteiger partial charge in [0.15, 0.2) is 0 Å². The quantitative estimate of drug-likeness (QED) is 0.0205. The van der Waals surface area contributed by atoms with Gasteiger partial charge in [0.25, 0.3) is 0 Å². The maximum atomic E-state index is 13.5. The molecule has 62 nitrogen and oxygen atoms in total. The third-order valence-corrected chi connectivity index (χ3v) is 24.8. The molecule has 0 amide bonds. The summed E-state index contributed by atoms with van der Waals surface area (Å²) in [6, 6.07) is 0. The second-order valence-electron chi connectivity index (χ2n) is 28.4. The topological polar surface area (TPSA) is 871 Å². The van der Waals surface area contributed by atoms with Crippen molar-refractivity contribution in [1.29, 1.82) is 0 Å². The molecule has 25 atom stereocenters. The molecule has 4 aliphatic carbocycles. The average Bonchev–Trinajstić information content (AvgIpc) is 0.758. The minimum Gasteiger partial charge on any atom is -0.382 e. The average molecular weight is 2130 g/mol. The molecule has 0 heterocycles. The van der Waals surface area contributed by atoms with Gasteiger partial charge in [-0.15, -0.1) is 0 Å². The molecule has 0 aromatic heterocycles. The highest BCUT2D eigenvalue weighted by molar-refractivity contribution is 7.48. The number of rotatable bonds is 70. The number of phosphoric ester groups is 10. The SMILES string of the molecule is COCCOCCO[C@@H]1C(OP(=O)(O)O)[C@H](OCCOCCOC)[C@@H](OC)C(OCCC(CCOC2[C@@H](OC)[C@H](OP(=O)(O)O)C(OP(=O)(O)O)[C@H](OP(=O)(O)O)[C@H]2OC)(CCOC2[C@@H](OP(=O)(O)O)[C@H](OCCOCCOC)C(OC)[C@H](OCCOCCOC)[C@H]2OP(=O)(O)O)CCO[C@H]2[C@@H](OC)[C@H](OP(=O)(O)O)[C@@H](OP(=O)(O)O)[C@H](OP(=O)(O)O)[C@H]2OP(=O)(O)O)[C@H]1OC. The van der Waals surface area contributed by atoms with E-state index in [0.717, 1.165) is 35.5 Å². The highest BCUT2D eigenvalue weighted by Crippen LogP contribution is 2.57. The lowest BCUT2D eigenvalue weighted by molar-refractivity contribution is -0.266. The monoisotopic (exact) mass is 2130 g/mol. The zero-order valence-corrected chi connectivity index (χ0v) is 80.8. The van der Waals surface area contributed by atoms with E-state index < -0.39 is 309 Å². The Morgan fingerprint density at radius 1 is 0.160 bits per heavy atom. The lowest BCUT2D eigenvalue weighted by atomic mass is 9.75. The molecule has 7 unspecified atom stereocenters. The zero-order valence-electron chi connectivity index (χ0n) is 71.9. The Kier molecular flexibility index (Phi) is 54.3. The fourth-order valence-corrected chi connectivity index (χ4v) is 20.3. The molecule has 0 aromatic carbocycles. The Balaban J connectivity index is 2.31. The summed E-state index contributed by atoms with van der Waals surface area (Å²) in [5.41, 5.74) is -2.22. The van der Waals surface area contributed by atoms with Crippen molar-refractivity contribution in [2.75, 3.05) is 203 Å². The molecule has 72 heteroatoms. The van der Waals surface area contributed by atoms with Crippen LogP contribution in [0.15, 0.2) is 0 Å². The van der Waals surface area contributed by atoms with E-state index in [0.29, 0.717) is 7.11 Å². The first kappa shape index (κ1) is 124. The maximum absolute atomic E-state index is 13.5. The summed E-state index contributed by atoms with van der Waals surface area (Å²) in [7, 11) is -50.3. The minimum atomic E-state index is -6.33. The van der Waals surface area contributed by atoms with Crippen LogP contribution in [0.5, 0.6) is 0 Å². The zero-order chi connectivity index (χ0) is 99.0. The molecular weight excluding hydrogens is 2010 g/mol. The predicted octanol–water partition coefficient (Wildman–Crippen LogP) is -3.81. The normalized spacial score (nSPS) is 30.2. The molecule has 4 rings (SSSR count). The fourth-order valence-electron chi connectivity index (χ4n) is 14.7. The number of hydrogen-bond acceptors (Lipinski definition) is 42. The maximum Gasteiger partial charge on any atom is 0.470 e. The Morgan fingerprint density at radius 3 is 0.427 bits per heavy atom. The lowest BCUT2D eigenvalue weighted by Crippen LogP contribution is -2.67. The van der Waals surface area contributed by atoms with Gasteiger partial charge >= 0.3 is 78.2 Å². The van der Waals surface area contributed by atoms with Gasteiger partial charge in [-0.2, -0.15) is 0 Å². The van der Waals surface area contributed by atoms with Crippen molar-refractivity contribution >= 4 is 78.2 Å². The van der Waals surface area contributed by atoms with Crippen LogP contribution in [-0.4, -0.2) is 448 Å². The smallest absolute Gasteiger partial charge is 0.382 e.